The number of aliphatic hydroxyl groups excluding tert-OH is 1. The third-order valence-electron chi connectivity index (χ3n) is 3.66. The second-order valence-corrected chi connectivity index (χ2v) is 5.59. The monoisotopic (exact) mass is 241 g/mol. The Bertz CT molecular complexity index is 245. The van der Waals surface area contributed by atoms with Crippen LogP contribution < -0.4 is 0 Å². The minimum Gasteiger partial charge on any atom is -0.396 e. The Morgan fingerprint density at radius 1 is 1.12 bits per heavy atom. The van der Waals surface area contributed by atoms with Crippen LogP contribution in [0.3, 0.4) is 0 Å². The van der Waals surface area contributed by atoms with Crippen molar-refractivity contribution >= 4 is 5.96 Å². The van der Waals surface area contributed by atoms with Crippen LogP contribution in [0.15, 0.2) is 4.99 Å². The molecule has 4 nitrogen and oxygen atoms in total. The Kier molecular flexibility index (Phi) is 5.25. The Morgan fingerprint density at radius 3 is 2.06 bits per heavy atom. The summed E-state index contributed by atoms with van der Waals surface area (Å²) in [6.07, 6.45) is 5.89. The topological polar surface area (TPSA) is 39.1 Å². The summed E-state index contributed by atoms with van der Waals surface area (Å²) in [6, 6.07) is 0. The summed E-state index contributed by atoms with van der Waals surface area (Å²) in [5, 5.41) is 9.21. The lowest BCUT2D eigenvalue weighted by Crippen LogP contribution is -2.36. The van der Waals surface area contributed by atoms with E-state index in [1.807, 2.05) is 38.0 Å². The van der Waals surface area contributed by atoms with E-state index in [2.05, 4.69) is 0 Å². The molecule has 0 radical (unpaired) electrons. The van der Waals surface area contributed by atoms with Gasteiger partial charge in [-0.1, -0.05) is 12.8 Å². The van der Waals surface area contributed by atoms with E-state index in [0.29, 0.717) is 0 Å². The lowest BCUT2D eigenvalue weighted by Gasteiger charge is -2.29. The molecule has 0 amide bonds. The smallest absolute Gasteiger partial charge is 0.195 e. The number of hydrogen-bond donors (Lipinski definition) is 1. The van der Waals surface area contributed by atoms with Gasteiger partial charge in [-0.25, -0.2) is 0 Å². The first-order valence-corrected chi connectivity index (χ1v) is 6.51. The minimum absolute atomic E-state index is 0.256. The van der Waals surface area contributed by atoms with Crippen molar-refractivity contribution in [1.29, 1.82) is 0 Å². The van der Waals surface area contributed by atoms with E-state index in [4.69, 9.17) is 4.99 Å². The first-order valence-electron chi connectivity index (χ1n) is 6.51. The van der Waals surface area contributed by atoms with Crippen LogP contribution in [0.1, 0.15) is 32.1 Å². The molecule has 0 aromatic heterocycles. The highest BCUT2D eigenvalue weighted by Gasteiger charge is 2.33. The summed E-state index contributed by atoms with van der Waals surface area (Å²) in [4.78, 5) is 8.84. The first kappa shape index (κ1) is 14.3. The van der Waals surface area contributed by atoms with Crippen LogP contribution in [-0.4, -0.2) is 62.2 Å². The van der Waals surface area contributed by atoms with Crippen molar-refractivity contribution in [3.63, 3.8) is 0 Å². The molecule has 1 aliphatic carbocycles. The number of hydrogen-bond acceptors (Lipinski definition) is 2. The zero-order chi connectivity index (χ0) is 12.9. The van der Waals surface area contributed by atoms with Gasteiger partial charge in [0.25, 0.3) is 0 Å². The van der Waals surface area contributed by atoms with Crippen LogP contribution in [0.2, 0.25) is 0 Å². The molecule has 0 bridgehead atoms. The molecule has 0 aromatic carbocycles. The van der Waals surface area contributed by atoms with Crippen molar-refractivity contribution in [2.45, 2.75) is 32.1 Å². The molecule has 100 valence electrons. The predicted molar refractivity (Wildman–Crippen MR) is 72.3 cm³/mol. The zero-order valence-corrected chi connectivity index (χ0v) is 11.7. The molecule has 1 aliphatic rings. The summed E-state index contributed by atoms with van der Waals surface area (Å²) in [7, 11) is 8.08. The van der Waals surface area contributed by atoms with Crippen molar-refractivity contribution in [2.24, 2.45) is 10.4 Å². The highest BCUT2D eigenvalue weighted by molar-refractivity contribution is 5.79. The number of rotatable bonds is 4. The van der Waals surface area contributed by atoms with Gasteiger partial charge in [0, 0.05) is 41.3 Å². The molecule has 0 atom stereocenters. The highest BCUT2D eigenvalue weighted by atomic mass is 16.3. The van der Waals surface area contributed by atoms with Crippen molar-refractivity contribution in [3.05, 3.63) is 0 Å². The van der Waals surface area contributed by atoms with Crippen molar-refractivity contribution in [1.82, 2.24) is 9.80 Å². The standard InChI is InChI=1S/C13H27N3O/c1-15(2)12(16(3)4)14-11-13(9-10-17)7-5-6-8-13/h17H,5-11H2,1-4H3. The number of aliphatic hydroxyl groups is 1. The first-order chi connectivity index (χ1) is 8.01. The SMILES string of the molecule is CN(C)C(=NCC1(CCO)CCCC1)N(C)C. The molecule has 1 N–H and O–H groups in total. The van der Waals surface area contributed by atoms with E-state index >= 15 is 0 Å². The third-order valence-corrected chi connectivity index (χ3v) is 3.66. The van der Waals surface area contributed by atoms with Crippen LogP contribution >= 0.6 is 0 Å². The second-order valence-electron chi connectivity index (χ2n) is 5.59. The quantitative estimate of drug-likeness (QED) is 0.597. The van der Waals surface area contributed by atoms with Gasteiger partial charge in [0.05, 0.1) is 0 Å². The Hall–Kier alpha value is -0.770. The molecule has 0 unspecified atom stereocenters. The van der Waals surface area contributed by atoms with Crippen molar-refractivity contribution in [3.8, 4) is 0 Å². The fourth-order valence-electron chi connectivity index (χ4n) is 2.77. The highest BCUT2D eigenvalue weighted by Crippen LogP contribution is 2.41. The largest absolute Gasteiger partial charge is 0.396 e. The Morgan fingerprint density at radius 2 is 1.65 bits per heavy atom. The lowest BCUT2D eigenvalue weighted by atomic mass is 9.83. The molecule has 1 saturated carbocycles. The van der Waals surface area contributed by atoms with Crippen molar-refractivity contribution in [2.75, 3.05) is 41.3 Å². The summed E-state index contributed by atoms with van der Waals surface area (Å²) in [5.41, 5.74) is 0.256. The molecule has 1 fully saturated rings. The number of nitrogens with zero attached hydrogens (tertiary/aromatic N) is 3. The number of guanidine groups is 1. The van der Waals surface area contributed by atoms with Crippen LogP contribution in [0.5, 0.6) is 0 Å². The van der Waals surface area contributed by atoms with Gasteiger partial charge in [0.1, 0.15) is 0 Å². The van der Waals surface area contributed by atoms with E-state index in [-0.39, 0.29) is 12.0 Å². The van der Waals surface area contributed by atoms with Gasteiger partial charge in [-0.05, 0) is 24.7 Å². The molecule has 0 heterocycles. The molecule has 0 saturated heterocycles. The molecule has 0 aliphatic heterocycles. The van der Waals surface area contributed by atoms with E-state index < -0.39 is 0 Å². The van der Waals surface area contributed by atoms with Crippen molar-refractivity contribution < 1.29 is 5.11 Å². The van der Waals surface area contributed by atoms with Gasteiger partial charge >= 0.3 is 0 Å². The molecule has 17 heavy (non-hydrogen) atoms. The van der Waals surface area contributed by atoms with Gasteiger partial charge in [-0.3, -0.25) is 4.99 Å². The molecular weight excluding hydrogens is 214 g/mol. The maximum Gasteiger partial charge on any atom is 0.195 e. The van der Waals surface area contributed by atoms with E-state index in [1.54, 1.807) is 0 Å². The zero-order valence-electron chi connectivity index (χ0n) is 11.7. The molecule has 1 rings (SSSR count). The molecule has 4 heteroatoms. The summed E-state index contributed by atoms with van der Waals surface area (Å²) < 4.78 is 0. The number of aliphatic imine (C=N–C) groups is 1. The van der Waals surface area contributed by atoms with Gasteiger partial charge in [-0.2, -0.15) is 0 Å². The van der Waals surface area contributed by atoms with Crippen LogP contribution in [-0.2, 0) is 0 Å². The van der Waals surface area contributed by atoms with Gasteiger partial charge in [0.15, 0.2) is 5.96 Å². The summed E-state index contributed by atoms with van der Waals surface area (Å²) in [6.45, 7) is 1.13. The summed E-state index contributed by atoms with van der Waals surface area (Å²) in [5.74, 6) is 1.01. The minimum atomic E-state index is 0.256. The third kappa shape index (κ3) is 3.87. The van der Waals surface area contributed by atoms with Gasteiger partial charge in [0.2, 0.25) is 0 Å². The maximum absolute atomic E-state index is 9.21. The lowest BCUT2D eigenvalue weighted by molar-refractivity contribution is 0.190. The van der Waals surface area contributed by atoms with Crippen LogP contribution in [0.4, 0.5) is 0 Å². The average Bonchev–Trinajstić information content (AvgIpc) is 2.66. The normalized spacial score (nSPS) is 17.9. The Balaban J connectivity index is 2.69. The van der Waals surface area contributed by atoms with E-state index in [0.717, 1.165) is 18.9 Å². The maximum atomic E-state index is 9.21. The van der Waals surface area contributed by atoms with E-state index in [9.17, 15) is 5.11 Å². The molecular formula is C13H27N3O. The second kappa shape index (κ2) is 6.24. The summed E-state index contributed by atoms with van der Waals surface area (Å²) >= 11 is 0. The molecule has 0 aromatic rings. The Labute approximate surface area is 105 Å². The molecule has 0 spiro atoms. The van der Waals surface area contributed by atoms with E-state index in [1.165, 1.54) is 25.7 Å². The van der Waals surface area contributed by atoms with Crippen LogP contribution in [0.25, 0.3) is 0 Å². The average molecular weight is 241 g/mol. The predicted octanol–water partition coefficient (Wildman–Crippen LogP) is 1.41. The van der Waals surface area contributed by atoms with Gasteiger partial charge in [-0.15, -0.1) is 0 Å². The fraction of sp³-hybridized carbons (Fsp3) is 0.923. The van der Waals surface area contributed by atoms with Crippen LogP contribution in [0, 0.1) is 5.41 Å². The fourth-order valence-corrected chi connectivity index (χ4v) is 2.77. The van der Waals surface area contributed by atoms with Gasteiger partial charge < -0.3 is 14.9 Å².